The van der Waals surface area contributed by atoms with Crippen LogP contribution in [-0.2, 0) is 11.2 Å². The van der Waals surface area contributed by atoms with E-state index in [2.05, 4.69) is 43.7 Å². The second-order valence-corrected chi connectivity index (χ2v) is 10.6. The number of thiophene rings is 1. The molecule has 1 atom stereocenters. The highest BCUT2D eigenvalue weighted by atomic mass is 32.2. The second-order valence-electron chi connectivity index (χ2n) is 8.47. The van der Waals surface area contributed by atoms with Crippen LogP contribution in [0.5, 0.6) is 0 Å². The van der Waals surface area contributed by atoms with Gasteiger partial charge in [-0.05, 0) is 60.9 Å². The summed E-state index contributed by atoms with van der Waals surface area (Å²) in [4.78, 5) is 14.8. The maximum Gasteiger partial charge on any atom is 0.242 e. The molecule has 0 bridgehead atoms. The van der Waals surface area contributed by atoms with E-state index in [1.807, 2.05) is 56.3 Å². The monoisotopic (exact) mass is 474 g/mol. The highest BCUT2D eigenvalue weighted by molar-refractivity contribution is 8.00. The largest absolute Gasteiger partial charge is 0.325 e. The van der Waals surface area contributed by atoms with Crippen molar-refractivity contribution >= 4 is 34.7 Å². The lowest BCUT2D eigenvalue weighted by molar-refractivity contribution is -0.115. The van der Waals surface area contributed by atoms with Gasteiger partial charge in [-0.3, -0.25) is 4.79 Å². The first kappa shape index (κ1) is 21.9. The van der Waals surface area contributed by atoms with Gasteiger partial charge in [-0.2, -0.15) is 0 Å². The highest BCUT2D eigenvalue weighted by Crippen LogP contribution is 2.43. The number of benzene rings is 2. The molecule has 0 unspecified atom stereocenters. The van der Waals surface area contributed by atoms with E-state index in [4.69, 9.17) is 0 Å². The minimum atomic E-state index is -0.428. The van der Waals surface area contributed by atoms with E-state index in [-0.39, 0.29) is 5.91 Å². The SMILES string of the molecule is Cc1ccc(C)c(NC(=O)[C@@H](Sc2nnc(Cc3cccs3)n2C2CC2)c2ccccc2)c1. The van der Waals surface area contributed by atoms with Gasteiger partial charge in [0.15, 0.2) is 5.16 Å². The summed E-state index contributed by atoms with van der Waals surface area (Å²) in [7, 11) is 0. The molecule has 1 fully saturated rings. The van der Waals surface area contributed by atoms with E-state index in [9.17, 15) is 4.79 Å². The standard InChI is InChI=1S/C26H26N4OS2/c1-17-10-11-18(2)22(15-17)27-25(31)24(19-7-4-3-5-8-19)33-26-29-28-23(30(26)20-12-13-20)16-21-9-6-14-32-21/h3-11,14-15,20,24H,12-13,16H2,1-2H3,(H,27,31)/t24-/m0/s1. The average molecular weight is 475 g/mol. The number of thioether (sulfide) groups is 1. The Hall–Kier alpha value is -2.90. The first-order valence-corrected chi connectivity index (χ1v) is 12.9. The number of carbonyl (C=O) groups is 1. The van der Waals surface area contributed by atoms with Crippen LogP contribution in [0.15, 0.2) is 71.2 Å². The van der Waals surface area contributed by atoms with Gasteiger partial charge < -0.3 is 9.88 Å². The van der Waals surface area contributed by atoms with Gasteiger partial charge in [0.1, 0.15) is 11.1 Å². The number of aryl methyl sites for hydroxylation is 2. The Labute approximate surface area is 202 Å². The zero-order valence-corrected chi connectivity index (χ0v) is 20.3. The topological polar surface area (TPSA) is 59.8 Å². The van der Waals surface area contributed by atoms with Gasteiger partial charge in [0.25, 0.3) is 0 Å². The summed E-state index contributed by atoms with van der Waals surface area (Å²) in [6.07, 6.45) is 3.04. The Morgan fingerprint density at radius 3 is 2.67 bits per heavy atom. The van der Waals surface area contributed by atoms with Crippen molar-refractivity contribution < 1.29 is 4.79 Å². The Kier molecular flexibility index (Phi) is 6.33. The molecule has 33 heavy (non-hydrogen) atoms. The van der Waals surface area contributed by atoms with Crippen LogP contribution in [0.25, 0.3) is 0 Å². The molecule has 2 heterocycles. The molecule has 1 N–H and O–H groups in total. The fourth-order valence-electron chi connectivity index (χ4n) is 3.85. The van der Waals surface area contributed by atoms with Gasteiger partial charge in [-0.25, -0.2) is 0 Å². The van der Waals surface area contributed by atoms with E-state index in [1.54, 1.807) is 11.3 Å². The number of nitrogens with zero attached hydrogens (tertiary/aromatic N) is 3. The van der Waals surface area contributed by atoms with Crippen LogP contribution in [0, 0.1) is 13.8 Å². The Morgan fingerprint density at radius 1 is 1.12 bits per heavy atom. The molecule has 0 saturated heterocycles. The average Bonchev–Trinajstić information content (AvgIpc) is 3.37. The third-order valence-corrected chi connectivity index (χ3v) is 7.86. The van der Waals surface area contributed by atoms with Crippen molar-refractivity contribution in [3.63, 3.8) is 0 Å². The molecule has 1 saturated carbocycles. The molecule has 2 aromatic carbocycles. The summed E-state index contributed by atoms with van der Waals surface area (Å²) < 4.78 is 2.26. The first-order valence-electron chi connectivity index (χ1n) is 11.1. The fourth-order valence-corrected chi connectivity index (χ4v) is 5.68. The minimum Gasteiger partial charge on any atom is -0.325 e. The van der Waals surface area contributed by atoms with Gasteiger partial charge in [0, 0.05) is 23.0 Å². The van der Waals surface area contributed by atoms with E-state index in [0.717, 1.165) is 52.6 Å². The predicted molar refractivity (Wildman–Crippen MR) is 135 cm³/mol. The number of anilines is 1. The molecule has 168 valence electrons. The smallest absolute Gasteiger partial charge is 0.242 e. The summed E-state index contributed by atoms with van der Waals surface area (Å²) in [5.41, 5.74) is 3.97. The van der Waals surface area contributed by atoms with Gasteiger partial charge >= 0.3 is 0 Å². The van der Waals surface area contributed by atoms with Crippen molar-refractivity contribution in [2.24, 2.45) is 0 Å². The molecule has 4 aromatic rings. The van der Waals surface area contributed by atoms with Gasteiger partial charge in [0.2, 0.25) is 5.91 Å². The summed E-state index contributed by atoms with van der Waals surface area (Å²) in [6.45, 7) is 4.05. The molecular formula is C26H26N4OS2. The molecule has 1 aliphatic carbocycles. The summed E-state index contributed by atoms with van der Waals surface area (Å²) >= 11 is 3.22. The summed E-state index contributed by atoms with van der Waals surface area (Å²) in [5.74, 6) is 0.925. The van der Waals surface area contributed by atoms with Gasteiger partial charge in [-0.1, -0.05) is 60.3 Å². The van der Waals surface area contributed by atoms with Crippen molar-refractivity contribution in [3.05, 3.63) is 93.4 Å². The molecule has 5 rings (SSSR count). The zero-order valence-electron chi connectivity index (χ0n) is 18.7. The van der Waals surface area contributed by atoms with Crippen LogP contribution in [0.3, 0.4) is 0 Å². The third kappa shape index (κ3) is 5.04. The van der Waals surface area contributed by atoms with Crippen LogP contribution < -0.4 is 5.32 Å². The van der Waals surface area contributed by atoms with Crippen LogP contribution in [0.4, 0.5) is 5.69 Å². The summed E-state index contributed by atoms with van der Waals surface area (Å²) in [5, 5.41) is 14.7. The van der Waals surface area contributed by atoms with Crippen LogP contribution >= 0.6 is 23.1 Å². The Morgan fingerprint density at radius 2 is 1.94 bits per heavy atom. The number of carbonyl (C=O) groups excluding carboxylic acids is 1. The molecule has 1 aliphatic rings. The van der Waals surface area contributed by atoms with Crippen molar-refractivity contribution in [3.8, 4) is 0 Å². The Bertz CT molecular complexity index is 1250. The number of amides is 1. The van der Waals surface area contributed by atoms with E-state index >= 15 is 0 Å². The molecular weight excluding hydrogens is 448 g/mol. The quantitative estimate of drug-likeness (QED) is 0.302. The molecule has 5 nitrogen and oxygen atoms in total. The molecule has 0 spiro atoms. The fraction of sp³-hybridized carbons (Fsp3) is 0.269. The number of rotatable bonds is 8. The lowest BCUT2D eigenvalue weighted by Gasteiger charge is -2.18. The lowest BCUT2D eigenvalue weighted by atomic mass is 10.1. The number of nitrogens with one attached hydrogen (secondary N) is 1. The van der Waals surface area contributed by atoms with E-state index in [0.29, 0.717) is 6.04 Å². The van der Waals surface area contributed by atoms with Crippen LogP contribution in [-0.4, -0.2) is 20.7 Å². The van der Waals surface area contributed by atoms with E-state index in [1.165, 1.54) is 16.6 Å². The first-order chi connectivity index (χ1) is 16.1. The molecule has 7 heteroatoms. The van der Waals surface area contributed by atoms with Crippen molar-refractivity contribution in [1.29, 1.82) is 0 Å². The maximum atomic E-state index is 13.6. The molecule has 0 aliphatic heterocycles. The second kappa shape index (κ2) is 9.53. The predicted octanol–water partition coefficient (Wildman–Crippen LogP) is 6.35. The number of aromatic nitrogens is 3. The normalized spacial score (nSPS) is 14.2. The molecule has 2 aromatic heterocycles. The number of hydrogen-bond donors (Lipinski definition) is 1. The molecule has 1 amide bonds. The Balaban J connectivity index is 1.45. The zero-order chi connectivity index (χ0) is 22.8. The van der Waals surface area contributed by atoms with Crippen molar-refractivity contribution in [2.45, 2.75) is 49.6 Å². The minimum absolute atomic E-state index is 0.0509. The van der Waals surface area contributed by atoms with Gasteiger partial charge in [0.05, 0.1) is 0 Å². The van der Waals surface area contributed by atoms with Crippen molar-refractivity contribution in [1.82, 2.24) is 14.8 Å². The van der Waals surface area contributed by atoms with Crippen molar-refractivity contribution in [2.75, 3.05) is 5.32 Å². The van der Waals surface area contributed by atoms with Gasteiger partial charge in [-0.15, -0.1) is 21.5 Å². The number of hydrogen-bond acceptors (Lipinski definition) is 5. The van der Waals surface area contributed by atoms with Crippen LogP contribution in [0.2, 0.25) is 0 Å². The maximum absolute atomic E-state index is 13.6. The van der Waals surface area contributed by atoms with Crippen LogP contribution in [0.1, 0.15) is 51.5 Å². The van der Waals surface area contributed by atoms with E-state index < -0.39 is 5.25 Å². The molecule has 0 radical (unpaired) electrons. The highest BCUT2D eigenvalue weighted by Gasteiger charge is 2.32. The lowest BCUT2D eigenvalue weighted by Crippen LogP contribution is -2.20. The summed E-state index contributed by atoms with van der Waals surface area (Å²) in [6, 6.07) is 20.7. The third-order valence-electron chi connectivity index (χ3n) is 5.77.